The third-order valence-corrected chi connectivity index (χ3v) is 2.31. The van der Waals surface area contributed by atoms with Crippen molar-refractivity contribution in [3.8, 4) is 0 Å². The topological polar surface area (TPSA) is 44.1 Å². The lowest BCUT2D eigenvalue weighted by atomic mass is 10.2. The Morgan fingerprint density at radius 1 is 1.38 bits per heavy atom. The molecule has 0 bridgehead atoms. The van der Waals surface area contributed by atoms with Crippen molar-refractivity contribution in [1.82, 2.24) is 9.55 Å². The van der Waals surface area contributed by atoms with Gasteiger partial charge < -0.3 is 4.74 Å². The van der Waals surface area contributed by atoms with Crippen LogP contribution in [0.5, 0.6) is 0 Å². The van der Waals surface area contributed by atoms with Gasteiger partial charge in [-0.2, -0.15) is 0 Å². The number of benzene rings is 1. The minimum atomic E-state index is -0.438. The first-order valence-electron chi connectivity index (χ1n) is 4.69. The van der Waals surface area contributed by atoms with Crippen LogP contribution < -0.4 is 0 Å². The highest BCUT2D eigenvalue weighted by atomic mass is 32.1. The first-order chi connectivity index (χ1) is 7.75. The molecule has 4 nitrogen and oxygen atoms in total. The fourth-order valence-corrected chi connectivity index (χ4v) is 1.33. The Morgan fingerprint density at radius 2 is 2.12 bits per heavy atom. The third-order valence-electron chi connectivity index (χ3n) is 2.01. The van der Waals surface area contributed by atoms with Crippen molar-refractivity contribution in [1.29, 1.82) is 0 Å². The van der Waals surface area contributed by atoms with E-state index in [1.54, 1.807) is 6.20 Å². The number of carbonyl (C=O) groups is 1. The molecule has 0 amide bonds. The van der Waals surface area contributed by atoms with E-state index in [0.29, 0.717) is 0 Å². The molecule has 1 aromatic carbocycles. The molecular formula is C11H10N2O2S. The Kier molecular flexibility index (Phi) is 3.26. The predicted octanol–water partition coefficient (Wildman–Crippen LogP) is 2.36. The zero-order valence-corrected chi connectivity index (χ0v) is 9.30. The number of nitrogens with zero attached hydrogens (tertiary/aromatic N) is 2. The summed E-state index contributed by atoms with van der Waals surface area (Å²) in [5.74, 6) is 0. The number of aromatic nitrogens is 2. The molecule has 0 aliphatic heterocycles. The number of ether oxygens (including phenoxy) is 1. The number of hydrogen-bond donors (Lipinski definition) is 1. The Labute approximate surface area is 98.3 Å². The van der Waals surface area contributed by atoms with Gasteiger partial charge in [0.1, 0.15) is 12.9 Å². The lowest BCUT2D eigenvalue weighted by Crippen LogP contribution is -2.11. The van der Waals surface area contributed by atoms with Crippen molar-refractivity contribution in [3.63, 3.8) is 0 Å². The van der Waals surface area contributed by atoms with Crippen molar-refractivity contribution in [2.24, 2.45) is 0 Å². The SMILES string of the molecule is O=C(OCc1ccc(S)cc1)n1ccnc1. The van der Waals surface area contributed by atoms with Gasteiger partial charge in [-0.15, -0.1) is 12.6 Å². The summed E-state index contributed by atoms with van der Waals surface area (Å²) in [6.45, 7) is 0.241. The summed E-state index contributed by atoms with van der Waals surface area (Å²) in [5.41, 5.74) is 0.922. The van der Waals surface area contributed by atoms with Gasteiger partial charge >= 0.3 is 6.09 Å². The third kappa shape index (κ3) is 2.64. The number of imidazole rings is 1. The largest absolute Gasteiger partial charge is 0.444 e. The van der Waals surface area contributed by atoms with E-state index < -0.39 is 6.09 Å². The summed E-state index contributed by atoms with van der Waals surface area (Å²) >= 11 is 4.17. The van der Waals surface area contributed by atoms with E-state index in [4.69, 9.17) is 4.74 Å². The van der Waals surface area contributed by atoms with Gasteiger partial charge in [0, 0.05) is 17.3 Å². The normalized spacial score (nSPS) is 10.1. The lowest BCUT2D eigenvalue weighted by Gasteiger charge is -2.04. The zero-order chi connectivity index (χ0) is 11.4. The van der Waals surface area contributed by atoms with Gasteiger partial charge in [-0.3, -0.25) is 0 Å². The molecule has 0 unspecified atom stereocenters. The summed E-state index contributed by atoms with van der Waals surface area (Å²) in [6, 6.07) is 7.43. The van der Waals surface area contributed by atoms with Crippen LogP contribution in [-0.2, 0) is 11.3 Å². The average Bonchev–Trinajstić information content (AvgIpc) is 2.81. The Balaban J connectivity index is 1.93. The van der Waals surface area contributed by atoms with E-state index in [1.807, 2.05) is 24.3 Å². The van der Waals surface area contributed by atoms with E-state index in [2.05, 4.69) is 17.6 Å². The molecule has 2 rings (SSSR count). The lowest BCUT2D eigenvalue weighted by molar-refractivity contribution is 0.141. The van der Waals surface area contributed by atoms with Gasteiger partial charge in [-0.1, -0.05) is 12.1 Å². The minimum absolute atomic E-state index is 0.241. The van der Waals surface area contributed by atoms with Crippen LogP contribution in [0, 0.1) is 0 Å². The van der Waals surface area contributed by atoms with Gasteiger partial charge in [0.05, 0.1) is 0 Å². The van der Waals surface area contributed by atoms with Crippen molar-refractivity contribution >= 4 is 18.7 Å². The summed E-state index contributed by atoms with van der Waals surface area (Å²) in [6.07, 6.45) is 4.03. The van der Waals surface area contributed by atoms with Crippen molar-refractivity contribution in [2.45, 2.75) is 11.5 Å². The van der Waals surface area contributed by atoms with Crippen molar-refractivity contribution in [3.05, 3.63) is 48.5 Å². The van der Waals surface area contributed by atoms with Gasteiger partial charge in [0.2, 0.25) is 0 Å². The molecule has 1 heterocycles. The van der Waals surface area contributed by atoms with Crippen molar-refractivity contribution in [2.75, 3.05) is 0 Å². The van der Waals surface area contributed by atoms with Crippen molar-refractivity contribution < 1.29 is 9.53 Å². The van der Waals surface area contributed by atoms with Crippen LogP contribution in [0.15, 0.2) is 47.9 Å². The Morgan fingerprint density at radius 3 is 2.75 bits per heavy atom. The molecule has 0 fully saturated rings. The zero-order valence-electron chi connectivity index (χ0n) is 8.41. The van der Waals surface area contributed by atoms with E-state index in [9.17, 15) is 4.79 Å². The molecular weight excluding hydrogens is 224 g/mol. The van der Waals surface area contributed by atoms with Gasteiger partial charge in [0.25, 0.3) is 0 Å². The van der Waals surface area contributed by atoms with Crippen LogP contribution in [-0.4, -0.2) is 15.6 Å². The van der Waals surface area contributed by atoms with Crippen LogP contribution in [0.1, 0.15) is 5.56 Å². The van der Waals surface area contributed by atoms with E-state index in [0.717, 1.165) is 10.5 Å². The van der Waals surface area contributed by atoms with Gasteiger partial charge in [-0.25, -0.2) is 14.3 Å². The molecule has 0 spiro atoms. The number of carbonyl (C=O) groups excluding carboxylic acids is 1. The maximum atomic E-state index is 11.4. The first-order valence-corrected chi connectivity index (χ1v) is 5.13. The fraction of sp³-hybridized carbons (Fsp3) is 0.0909. The second kappa shape index (κ2) is 4.85. The van der Waals surface area contributed by atoms with Crippen LogP contribution in [0.3, 0.4) is 0 Å². The molecule has 0 aliphatic rings. The van der Waals surface area contributed by atoms with E-state index >= 15 is 0 Å². The summed E-state index contributed by atoms with van der Waals surface area (Å²) in [7, 11) is 0. The summed E-state index contributed by atoms with van der Waals surface area (Å²) in [5, 5.41) is 0. The number of thiol groups is 1. The number of rotatable bonds is 2. The predicted molar refractivity (Wildman–Crippen MR) is 61.5 cm³/mol. The second-order valence-electron chi connectivity index (χ2n) is 3.19. The first kappa shape index (κ1) is 10.8. The molecule has 0 radical (unpaired) electrons. The maximum absolute atomic E-state index is 11.4. The maximum Gasteiger partial charge on any atom is 0.419 e. The van der Waals surface area contributed by atoms with E-state index in [1.165, 1.54) is 17.1 Å². The molecule has 0 saturated carbocycles. The van der Waals surface area contributed by atoms with E-state index in [-0.39, 0.29) is 6.61 Å². The Hall–Kier alpha value is -1.75. The summed E-state index contributed by atoms with van der Waals surface area (Å²) in [4.78, 5) is 16.1. The monoisotopic (exact) mass is 234 g/mol. The van der Waals surface area contributed by atoms with Crippen LogP contribution in [0.2, 0.25) is 0 Å². The highest BCUT2D eigenvalue weighted by molar-refractivity contribution is 7.80. The minimum Gasteiger partial charge on any atom is -0.444 e. The molecule has 0 atom stereocenters. The second-order valence-corrected chi connectivity index (χ2v) is 3.71. The molecule has 0 N–H and O–H groups in total. The highest BCUT2D eigenvalue weighted by Gasteiger charge is 2.04. The molecule has 0 aliphatic carbocycles. The summed E-state index contributed by atoms with van der Waals surface area (Å²) < 4.78 is 6.36. The smallest absolute Gasteiger partial charge is 0.419 e. The van der Waals surface area contributed by atoms with Crippen LogP contribution >= 0.6 is 12.6 Å². The average molecular weight is 234 g/mol. The quantitative estimate of drug-likeness (QED) is 0.811. The molecule has 5 heteroatoms. The molecule has 82 valence electrons. The Bertz CT molecular complexity index is 465. The highest BCUT2D eigenvalue weighted by Crippen LogP contribution is 2.08. The van der Waals surface area contributed by atoms with Crippen LogP contribution in [0.25, 0.3) is 0 Å². The van der Waals surface area contributed by atoms with Gasteiger partial charge in [-0.05, 0) is 17.7 Å². The number of hydrogen-bond acceptors (Lipinski definition) is 4. The van der Waals surface area contributed by atoms with Gasteiger partial charge in [0.15, 0.2) is 0 Å². The molecule has 1 aromatic heterocycles. The molecule has 16 heavy (non-hydrogen) atoms. The molecule has 0 saturated heterocycles. The fourth-order valence-electron chi connectivity index (χ4n) is 1.18. The standard InChI is InChI=1S/C11H10N2O2S/c14-11(13-6-5-12-8-13)15-7-9-1-3-10(16)4-2-9/h1-6,8,16H,7H2. The molecule has 2 aromatic rings. The van der Waals surface area contributed by atoms with Crippen LogP contribution in [0.4, 0.5) is 4.79 Å².